The summed E-state index contributed by atoms with van der Waals surface area (Å²) >= 11 is 1.48. The van der Waals surface area contributed by atoms with Crippen molar-refractivity contribution < 1.29 is 9.18 Å². The van der Waals surface area contributed by atoms with E-state index < -0.39 is 0 Å². The number of carbonyl (C=O) groups is 1. The molecule has 1 aromatic carbocycles. The number of thiophene rings is 1. The van der Waals surface area contributed by atoms with Crippen LogP contribution in [0, 0.1) is 5.82 Å². The fourth-order valence-corrected chi connectivity index (χ4v) is 2.56. The number of Topliss-reactive ketones (excluding diaryl/α,β-unsaturated/α-hetero) is 1. The Balaban J connectivity index is 2.51. The molecule has 0 saturated carbocycles. The Kier molecular flexibility index (Phi) is 2.33. The summed E-state index contributed by atoms with van der Waals surface area (Å²) in [6.07, 6.45) is 0.402. The normalized spacial score (nSPS) is 10.7. The van der Waals surface area contributed by atoms with Crippen LogP contribution in [0.3, 0.4) is 0 Å². The maximum atomic E-state index is 13.3. The van der Waals surface area contributed by atoms with E-state index in [9.17, 15) is 9.18 Å². The third-order valence-corrected chi connectivity index (χ3v) is 3.08. The van der Waals surface area contributed by atoms with Crippen molar-refractivity contribution in [1.29, 1.82) is 0 Å². The van der Waals surface area contributed by atoms with Gasteiger partial charge in [0.1, 0.15) is 11.6 Å². The van der Waals surface area contributed by atoms with Crippen LogP contribution in [0.1, 0.15) is 11.8 Å². The summed E-state index contributed by atoms with van der Waals surface area (Å²) < 4.78 is 14.2. The molecule has 0 atom stereocenters. The van der Waals surface area contributed by atoms with E-state index >= 15 is 0 Å². The number of fused-ring (bicyclic) bond motifs is 1. The highest BCUT2D eigenvalue weighted by atomic mass is 32.1. The number of halogens is 1. The molecule has 0 aliphatic rings. The molecular weight excluding hydrogens is 199 g/mol. The summed E-state index contributed by atoms with van der Waals surface area (Å²) in [6, 6.07) is 6.75. The van der Waals surface area contributed by atoms with E-state index in [4.69, 9.17) is 0 Å². The maximum absolute atomic E-state index is 13.3. The molecule has 1 nitrogen and oxygen atoms in total. The molecule has 0 saturated heterocycles. The van der Waals surface area contributed by atoms with Gasteiger partial charge in [0.05, 0.1) is 0 Å². The van der Waals surface area contributed by atoms with E-state index in [1.807, 2.05) is 6.07 Å². The molecule has 1 heterocycles. The van der Waals surface area contributed by atoms with Gasteiger partial charge in [-0.2, -0.15) is 0 Å². The average Bonchev–Trinajstić information content (AvgIpc) is 2.47. The molecule has 14 heavy (non-hydrogen) atoms. The first-order chi connectivity index (χ1) is 6.66. The van der Waals surface area contributed by atoms with Gasteiger partial charge in [-0.05, 0) is 25.1 Å². The largest absolute Gasteiger partial charge is 0.300 e. The van der Waals surface area contributed by atoms with E-state index in [0.29, 0.717) is 11.8 Å². The van der Waals surface area contributed by atoms with E-state index in [0.717, 1.165) is 9.58 Å². The Labute approximate surface area is 85.2 Å². The quantitative estimate of drug-likeness (QED) is 0.740. The molecule has 1 aromatic heterocycles. The lowest BCUT2D eigenvalue weighted by Gasteiger charge is -1.88. The minimum absolute atomic E-state index is 0.108. The Morgan fingerprint density at radius 3 is 2.93 bits per heavy atom. The van der Waals surface area contributed by atoms with Crippen molar-refractivity contribution in [2.75, 3.05) is 0 Å². The Morgan fingerprint density at radius 1 is 1.50 bits per heavy atom. The second kappa shape index (κ2) is 3.50. The minimum Gasteiger partial charge on any atom is -0.300 e. The second-order valence-corrected chi connectivity index (χ2v) is 4.41. The molecule has 2 aromatic rings. The number of benzene rings is 1. The summed E-state index contributed by atoms with van der Waals surface area (Å²) in [7, 11) is 0. The van der Waals surface area contributed by atoms with Crippen LogP contribution in [-0.4, -0.2) is 5.78 Å². The van der Waals surface area contributed by atoms with Gasteiger partial charge in [-0.3, -0.25) is 4.79 Å². The number of ketones is 1. The highest BCUT2D eigenvalue weighted by Gasteiger charge is 2.06. The van der Waals surface area contributed by atoms with Crippen molar-refractivity contribution in [2.45, 2.75) is 13.3 Å². The van der Waals surface area contributed by atoms with Crippen LogP contribution in [0.25, 0.3) is 10.1 Å². The van der Waals surface area contributed by atoms with Crippen molar-refractivity contribution in [1.82, 2.24) is 0 Å². The number of rotatable bonds is 2. The Hall–Kier alpha value is -1.22. The summed E-state index contributed by atoms with van der Waals surface area (Å²) in [5, 5.41) is 0.619. The minimum atomic E-state index is -0.214. The van der Waals surface area contributed by atoms with E-state index in [-0.39, 0.29) is 11.6 Å². The van der Waals surface area contributed by atoms with Crippen LogP contribution in [-0.2, 0) is 11.2 Å². The zero-order chi connectivity index (χ0) is 10.1. The lowest BCUT2D eigenvalue weighted by Crippen LogP contribution is -1.92. The molecule has 0 spiro atoms. The number of hydrogen-bond donors (Lipinski definition) is 0. The van der Waals surface area contributed by atoms with Crippen molar-refractivity contribution in [3.63, 3.8) is 0 Å². The molecule has 72 valence electrons. The highest BCUT2D eigenvalue weighted by Crippen LogP contribution is 2.27. The van der Waals surface area contributed by atoms with Gasteiger partial charge in [0.2, 0.25) is 0 Å². The van der Waals surface area contributed by atoms with Crippen molar-refractivity contribution in [2.24, 2.45) is 0 Å². The smallest absolute Gasteiger partial charge is 0.135 e. The third kappa shape index (κ3) is 1.68. The zero-order valence-corrected chi connectivity index (χ0v) is 8.53. The molecule has 0 amide bonds. The van der Waals surface area contributed by atoms with Crippen molar-refractivity contribution in [3.8, 4) is 0 Å². The molecule has 0 aliphatic carbocycles. The molecule has 0 radical (unpaired) electrons. The first-order valence-electron chi connectivity index (χ1n) is 4.33. The Morgan fingerprint density at radius 2 is 2.29 bits per heavy atom. The van der Waals surface area contributed by atoms with Gasteiger partial charge >= 0.3 is 0 Å². The zero-order valence-electron chi connectivity index (χ0n) is 7.71. The first kappa shape index (κ1) is 9.34. The molecular formula is C11H9FOS. The summed E-state index contributed by atoms with van der Waals surface area (Å²) in [5.74, 6) is -0.106. The van der Waals surface area contributed by atoms with Crippen molar-refractivity contribution >= 4 is 27.2 Å². The maximum Gasteiger partial charge on any atom is 0.135 e. The molecule has 0 bridgehead atoms. The van der Waals surface area contributed by atoms with Gasteiger partial charge in [-0.15, -0.1) is 11.3 Å². The highest BCUT2D eigenvalue weighted by molar-refractivity contribution is 7.19. The van der Waals surface area contributed by atoms with Gasteiger partial charge in [-0.25, -0.2) is 4.39 Å². The lowest BCUT2D eigenvalue weighted by molar-refractivity contribution is -0.116. The number of carbonyl (C=O) groups excluding carboxylic acids is 1. The predicted octanol–water partition coefficient (Wildman–Crippen LogP) is 3.17. The topological polar surface area (TPSA) is 17.1 Å². The molecule has 0 unspecified atom stereocenters. The van der Waals surface area contributed by atoms with Gasteiger partial charge in [0.25, 0.3) is 0 Å². The standard InChI is InChI=1S/C11H9FOS/c1-7(13)5-8-6-9-10(12)3-2-4-11(9)14-8/h2-4,6H,5H2,1H3. The summed E-state index contributed by atoms with van der Waals surface area (Å²) in [6.45, 7) is 1.54. The van der Waals surface area contributed by atoms with Crippen LogP contribution in [0.2, 0.25) is 0 Å². The van der Waals surface area contributed by atoms with Crippen LogP contribution < -0.4 is 0 Å². The molecule has 0 aliphatic heterocycles. The van der Waals surface area contributed by atoms with E-state index in [2.05, 4.69) is 0 Å². The Bertz CT molecular complexity index is 487. The average molecular weight is 208 g/mol. The van der Waals surface area contributed by atoms with E-state index in [1.165, 1.54) is 17.4 Å². The van der Waals surface area contributed by atoms with Crippen LogP contribution in [0.4, 0.5) is 4.39 Å². The van der Waals surface area contributed by atoms with Crippen LogP contribution in [0.5, 0.6) is 0 Å². The summed E-state index contributed by atoms with van der Waals surface area (Å²) in [5.41, 5.74) is 0. The van der Waals surface area contributed by atoms with Gasteiger partial charge in [0, 0.05) is 21.4 Å². The van der Waals surface area contributed by atoms with Gasteiger partial charge < -0.3 is 0 Å². The SMILES string of the molecule is CC(=O)Cc1cc2c(F)cccc2s1. The van der Waals surface area contributed by atoms with E-state index in [1.54, 1.807) is 19.1 Å². The molecule has 2 rings (SSSR count). The second-order valence-electron chi connectivity index (χ2n) is 3.24. The fourth-order valence-electron chi connectivity index (χ4n) is 1.41. The third-order valence-electron chi connectivity index (χ3n) is 1.98. The first-order valence-corrected chi connectivity index (χ1v) is 5.15. The number of hydrogen-bond acceptors (Lipinski definition) is 2. The fraction of sp³-hybridized carbons (Fsp3) is 0.182. The molecule has 0 fully saturated rings. The molecule has 3 heteroatoms. The van der Waals surface area contributed by atoms with Gasteiger partial charge in [-0.1, -0.05) is 6.07 Å². The molecule has 0 N–H and O–H groups in total. The van der Waals surface area contributed by atoms with Crippen LogP contribution >= 0.6 is 11.3 Å². The monoisotopic (exact) mass is 208 g/mol. The predicted molar refractivity (Wildman–Crippen MR) is 56.2 cm³/mol. The van der Waals surface area contributed by atoms with Gasteiger partial charge in [0.15, 0.2) is 0 Å². The van der Waals surface area contributed by atoms with Crippen molar-refractivity contribution in [3.05, 3.63) is 35.0 Å². The van der Waals surface area contributed by atoms with Crippen LogP contribution in [0.15, 0.2) is 24.3 Å². The summed E-state index contributed by atoms with van der Waals surface area (Å²) in [4.78, 5) is 11.8. The lowest BCUT2D eigenvalue weighted by atomic mass is 10.2.